The summed E-state index contributed by atoms with van der Waals surface area (Å²) < 4.78 is 10.6. The highest BCUT2D eigenvalue weighted by Crippen LogP contribution is 2.33. The molecule has 116 valence electrons. The second-order valence-corrected chi connectivity index (χ2v) is 4.36. The van der Waals surface area contributed by atoms with Crippen LogP contribution in [0.15, 0.2) is 53.7 Å². The number of aromatic nitrogens is 3. The maximum absolute atomic E-state index is 11.4. The number of pyridine rings is 1. The molecule has 0 saturated heterocycles. The number of nitro groups is 1. The molecule has 0 fully saturated rings. The monoisotopic (exact) mass is 313 g/mol. The van der Waals surface area contributed by atoms with Gasteiger partial charge in [-0.3, -0.25) is 15.1 Å². The largest absolute Gasteiger partial charge is 0.467 e. The van der Waals surface area contributed by atoms with Crippen molar-refractivity contribution in [3.05, 3.63) is 65.1 Å². The fraction of sp³-hybridized carbons (Fsp3) is 0.0714. The van der Waals surface area contributed by atoms with Crippen LogP contribution in [0.4, 0.5) is 11.5 Å². The molecule has 9 nitrogen and oxygen atoms in total. The Balaban J connectivity index is 1.87. The molecule has 0 amide bonds. The molecule has 0 aliphatic carbocycles. The van der Waals surface area contributed by atoms with Crippen LogP contribution < -0.4 is 10.1 Å². The normalized spacial score (nSPS) is 10.3. The molecule has 0 unspecified atom stereocenters. The number of nitrogens with zero attached hydrogens (tertiary/aromatic N) is 4. The van der Waals surface area contributed by atoms with Crippen LogP contribution in [0.1, 0.15) is 5.76 Å². The summed E-state index contributed by atoms with van der Waals surface area (Å²) in [6.07, 6.45) is 5.70. The first-order chi connectivity index (χ1) is 11.2. The van der Waals surface area contributed by atoms with Gasteiger partial charge in [0.15, 0.2) is 0 Å². The molecule has 1 N–H and O–H groups in total. The first-order valence-corrected chi connectivity index (χ1v) is 6.57. The van der Waals surface area contributed by atoms with E-state index in [0.717, 1.165) is 0 Å². The van der Waals surface area contributed by atoms with Crippen molar-refractivity contribution >= 4 is 11.5 Å². The smallest absolute Gasteiger partial charge is 0.373 e. The molecular formula is C14H11N5O4. The SMILES string of the molecule is O=[N+]([O-])c1c(NCc2ccco2)ncnc1Oc1cccnc1. The Bertz CT molecular complexity index is 792. The number of rotatable bonds is 6. The second-order valence-electron chi connectivity index (χ2n) is 4.36. The van der Waals surface area contributed by atoms with Crippen molar-refractivity contribution in [2.24, 2.45) is 0 Å². The summed E-state index contributed by atoms with van der Waals surface area (Å²) in [5.74, 6) is 0.833. The van der Waals surface area contributed by atoms with Crippen molar-refractivity contribution in [1.82, 2.24) is 15.0 Å². The summed E-state index contributed by atoms with van der Waals surface area (Å²) in [5, 5.41) is 14.2. The summed E-state index contributed by atoms with van der Waals surface area (Å²) >= 11 is 0. The van der Waals surface area contributed by atoms with Crippen molar-refractivity contribution in [3.8, 4) is 11.6 Å². The van der Waals surface area contributed by atoms with Crippen LogP contribution in [-0.4, -0.2) is 19.9 Å². The number of anilines is 1. The third-order valence-corrected chi connectivity index (χ3v) is 2.83. The van der Waals surface area contributed by atoms with E-state index in [1.807, 2.05) is 0 Å². The van der Waals surface area contributed by atoms with Gasteiger partial charge in [0.2, 0.25) is 5.82 Å². The third-order valence-electron chi connectivity index (χ3n) is 2.83. The Morgan fingerprint density at radius 2 is 2.22 bits per heavy atom. The van der Waals surface area contributed by atoms with Crippen LogP contribution in [0, 0.1) is 10.1 Å². The molecule has 0 radical (unpaired) electrons. The van der Waals surface area contributed by atoms with Crippen LogP contribution in [-0.2, 0) is 6.54 Å². The fourth-order valence-corrected chi connectivity index (χ4v) is 1.83. The van der Waals surface area contributed by atoms with Crippen molar-refractivity contribution in [2.75, 3.05) is 5.32 Å². The van der Waals surface area contributed by atoms with E-state index >= 15 is 0 Å². The first-order valence-electron chi connectivity index (χ1n) is 6.57. The summed E-state index contributed by atoms with van der Waals surface area (Å²) in [5.41, 5.74) is -0.358. The summed E-state index contributed by atoms with van der Waals surface area (Å²) in [4.78, 5) is 22.4. The number of ether oxygens (including phenoxy) is 1. The van der Waals surface area contributed by atoms with Gasteiger partial charge in [-0.25, -0.2) is 4.98 Å². The van der Waals surface area contributed by atoms with Gasteiger partial charge in [0.25, 0.3) is 0 Å². The summed E-state index contributed by atoms with van der Waals surface area (Å²) in [6.45, 7) is 0.247. The Morgan fingerprint density at radius 1 is 1.30 bits per heavy atom. The number of nitrogens with one attached hydrogen (secondary N) is 1. The maximum Gasteiger partial charge on any atom is 0.373 e. The van der Waals surface area contributed by atoms with Gasteiger partial charge in [-0.2, -0.15) is 4.98 Å². The van der Waals surface area contributed by atoms with Crippen LogP contribution in [0.2, 0.25) is 0 Å². The minimum atomic E-state index is -0.601. The zero-order valence-electron chi connectivity index (χ0n) is 11.7. The van der Waals surface area contributed by atoms with Crippen molar-refractivity contribution < 1.29 is 14.1 Å². The minimum absolute atomic E-state index is 0.0419. The zero-order valence-corrected chi connectivity index (χ0v) is 11.7. The van der Waals surface area contributed by atoms with E-state index in [1.165, 1.54) is 18.8 Å². The molecular weight excluding hydrogens is 302 g/mol. The van der Waals surface area contributed by atoms with Gasteiger partial charge in [0.1, 0.15) is 17.8 Å². The summed E-state index contributed by atoms with van der Waals surface area (Å²) in [6, 6.07) is 6.74. The highest BCUT2D eigenvalue weighted by molar-refractivity contribution is 5.61. The Hall–Kier alpha value is -3.49. The fourth-order valence-electron chi connectivity index (χ4n) is 1.83. The van der Waals surface area contributed by atoms with E-state index in [0.29, 0.717) is 11.5 Å². The Kier molecular flexibility index (Phi) is 4.09. The van der Waals surface area contributed by atoms with Gasteiger partial charge in [-0.15, -0.1) is 0 Å². The lowest BCUT2D eigenvalue weighted by atomic mass is 10.4. The van der Waals surface area contributed by atoms with Crippen molar-refractivity contribution in [1.29, 1.82) is 0 Å². The van der Waals surface area contributed by atoms with E-state index < -0.39 is 4.92 Å². The van der Waals surface area contributed by atoms with Gasteiger partial charge < -0.3 is 14.5 Å². The standard InChI is InChI=1S/C14H11N5O4/c20-19(21)12-13(16-8-10-4-2-6-22-10)17-9-18-14(12)23-11-3-1-5-15-7-11/h1-7,9H,8H2,(H,16,17,18). The quantitative estimate of drug-likeness (QED) is 0.545. The van der Waals surface area contributed by atoms with E-state index in [4.69, 9.17) is 9.15 Å². The maximum atomic E-state index is 11.4. The second kappa shape index (κ2) is 6.52. The minimum Gasteiger partial charge on any atom is -0.467 e. The van der Waals surface area contributed by atoms with Gasteiger partial charge in [-0.05, 0) is 24.3 Å². The molecule has 0 aliphatic heterocycles. The molecule has 0 atom stereocenters. The van der Waals surface area contributed by atoms with Gasteiger partial charge in [0.05, 0.1) is 23.9 Å². The van der Waals surface area contributed by atoms with Gasteiger partial charge >= 0.3 is 11.6 Å². The molecule has 9 heteroatoms. The molecule has 0 spiro atoms. The number of hydrogen-bond donors (Lipinski definition) is 1. The van der Waals surface area contributed by atoms with E-state index in [9.17, 15) is 10.1 Å². The topological polar surface area (TPSA) is 116 Å². The number of furan rings is 1. The molecule has 0 saturated carbocycles. The highest BCUT2D eigenvalue weighted by atomic mass is 16.6. The summed E-state index contributed by atoms with van der Waals surface area (Å²) in [7, 11) is 0. The third kappa shape index (κ3) is 3.40. The average Bonchev–Trinajstić information content (AvgIpc) is 3.07. The molecule has 3 aromatic rings. The van der Waals surface area contributed by atoms with Crippen LogP contribution in [0.5, 0.6) is 11.6 Å². The van der Waals surface area contributed by atoms with E-state index in [-0.39, 0.29) is 23.9 Å². The lowest BCUT2D eigenvalue weighted by molar-refractivity contribution is -0.385. The van der Waals surface area contributed by atoms with Crippen molar-refractivity contribution in [3.63, 3.8) is 0 Å². The van der Waals surface area contributed by atoms with Crippen LogP contribution >= 0.6 is 0 Å². The van der Waals surface area contributed by atoms with E-state index in [1.54, 1.807) is 30.5 Å². The number of hydrogen-bond acceptors (Lipinski definition) is 8. The predicted molar refractivity (Wildman–Crippen MR) is 79.0 cm³/mol. The average molecular weight is 313 g/mol. The zero-order chi connectivity index (χ0) is 16.1. The Labute approximate surface area is 130 Å². The molecule has 3 heterocycles. The lowest BCUT2D eigenvalue weighted by Crippen LogP contribution is -2.06. The predicted octanol–water partition coefficient (Wildman–Crippen LogP) is 2.78. The molecule has 23 heavy (non-hydrogen) atoms. The molecule has 3 aromatic heterocycles. The molecule has 0 aliphatic rings. The molecule has 3 rings (SSSR count). The molecule has 0 bridgehead atoms. The molecule has 0 aromatic carbocycles. The Morgan fingerprint density at radius 3 is 2.91 bits per heavy atom. The van der Waals surface area contributed by atoms with Gasteiger partial charge in [-0.1, -0.05) is 0 Å². The van der Waals surface area contributed by atoms with Gasteiger partial charge in [0, 0.05) is 6.20 Å². The highest BCUT2D eigenvalue weighted by Gasteiger charge is 2.25. The van der Waals surface area contributed by atoms with Crippen molar-refractivity contribution in [2.45, 2.75) is 6.54 Å². The lowest BCUT2D eigenvalue weighted by Gasteiger charge is -2.08. The first kappa shape index (κ1) is 14.4. The van der Waals surface area contributed by atoms with Crippen LogP contribution in [0.3, 0.4) is 0 Å². The van der Waals surface area contributed by atoms with E-state index in [2.05, 4.69) is 20.3 Å². The van der Waals surface area contributed by atoms with Crippen LogP contribution in [0.25, 0.3) is 0 Å².